The van der Waals surface area contributed by atoms with Crippen molar-refractivity contribution in [3.8, 4) is 0 Å². The Balaban J connectivity index is 1.98. The first kappa shape index (κ1) is 19.3. The smallest absolute Gasteiger partial charge is 0.261 e. The third kappa shape index (κ3) is 3.79. The first-order valence-electron chi connectivity index (χ1n) is 9.48. The van der Waals surface area contributed by atoms with Gasteiger partial charge in [0.2, 0.25) is 0 Å². The molecule has 2 aromatic carbocycles. The number of hydrogen-bond acceptors (Lipinski definition) is 3. The molecule has 0 aliphatic carbocycles. The van der Waals surface area contributed by atoms with E-state index in [1.165, 1.54) is 10.4 Å². The number of rotatable bonds is 6. The maximum absolute atomic E-state index is 9.34. The normalized spacial score (nSPS) is 21.1. The van der Waals surface area contributed by atoms with E-state index in [1.54, 1.807) is 0 Å². The number of aliphatic hydroxyl groups excluding tert-OH is 1. The molecule has 140 valence electrons. The Morgan fingerprint density at radius 2 is 1.42 bits per heavy atom. The third-order valence-electron chi connectivity index (χ3n) is 5.30. The van der Waals surface area contributed by atoms with Gasteiger partial charge in [-0.05, 0) is 28.3 Å². The van der Waals surface area contributed by atoms with Gasteiger partial charge in [0.25, 0.3) is 8.32 Å². The summed E-state index contributed by atoms with van der Waals surface area (Å²) in [6.45, 7) is 7.52. The topological polar surface area (TPSA) is 38.7 Å². The van der Waals surface area contributed by atoms with Gasteiger partial charge in [0.05, 0.1) is 25.4 Å². The number of aliphatic hydroxyl groups is 1. The van der Waals surface area contributed by atoms with Crippen LogP contribution < -0.4 is 10.4 Å². The van der Waals surface area contributed by atoms with Crippen LogP contribution in [-0.2, 0) is 9.16 Å². The van der Waals surface area contributed by atoms with Crippen LogP contribution in [0.15, 0.2) is 60.7 Å². The van der Waals surface area contributed by atoms with Gasteiger partial charge in [-0.2, -0.15) is 0 Å². The van der Waals surface area contributed by atoms with Crippen LogP contribution in [0.2, 0.25) is 5.04 Å². The first-order chi connectivity index (χ1) is 12.5. The molecule has 4 heteroatoms. The summed E-state index contributed by atoms with van der Waals surface area (Å²) in [7, 11) is -2.49. The Hall–Kier alpha value is -1.46. The second-order valence-electron chi connectivity index (χ2n) is 8.11. The SMILES string of the molecule is CC(C)(C)[Si](OC[C@@H]1CC[C@@H](CO)O1)(c1ccccc1)c1ccccc1. The summed E-state index contributed by atoms with van der Waals surface area (Å²) in [6.07, 6.45) is 1.88. The van der Waals surface area contributed by atoms with Crippen molar-refractivity contribution in [2.24, 2.45) is 0 Å². The molecule has 0 amide bonds. The van der Waals surface area contributed by atoms with Gasteiger partial charge in [-0.3, -0.25) is 0 Å². The fourth-order valence-corrected chi connectivity index (χ4v) is 8.61. The van der Waals surface area contributed by atoms with Gasteiger partial charge in [-0.1, -0.05) is 81.4 Å². The van der Waals surface area contributed by atoms with Crippen LogP contribution in [0.5, 0.6) is 0 Å². The van der Waals surface area contributed by atoms with Gasteiger partial charge in [0.1, 0.15) is 0 Å². The molecule has 0 unspecified atom stereocenters. The van der Waals surface area contributed by atoms with Gasteiger partial charge < -0.3 is 14.3 Å². The number of ether oxygens (including phenoxy) is 1. The minimum Gasteiger partial charge on any atom is -0.405 e. The van der Waals surface area contributed by atoms with Crippen LogP contribution in [0.4, 0.5) is 0 Å². The predicted molar refractivity (Wildman–Crippen MR) is 109 cm³/mol. The highest BCUT2D eigenvalue weighted by Crippen LogP contribution is 2.37. The zero-order valence-electron chi connectivity index (χ0n) is 16.0. The van der Waals surface area contributed by atoms with Crippen molar-refractivity contribution in [3.05, 3.63) is 60.7 Å². The largest absolute Gasteiger partial charge is 0.405 e. The van der Waals surface area contributed by atoms with Gasteiger partial charge in [-0.15, -0.1) is 0 Å². The van der Waals surface area contributed by atoms with Crippen LogP contribution in [0.3, 0.4) is 0 Å². The highest BCUT2D eigenvalue weighted by molar-refractivity contribution is 6.99. The lowest BCUT2D eigenvalue weighted by molar-refractivity contribution is -0.00885. The second-order valence-corrected chi connectivity index (χ2v) is 12.4. The summed E-state index contributed by atoms with van der Waals surface area (Å²) in [6, 6.07) is 21.3. The zero-order valence-corrected chi connectivity index (χ0v) is 17.0. The Bertz CT molecular complexity index is 642. The van der Waals surface area contributed by atoms with Crippen molar-refractivity contribution in [3.63, 3.8) is 0 Å². The molecular weight excluding hydrogens is 340 g/mol. The third-order valence-corrected chi connectivity index (χ3v) is 10.3. The molecule has 2 aromatic rings. The van der Waals surface area contributed by atoms with E-state index in [4.69, 9.17) is 9.16 Å². The standard InChI is InChI=1S/C22H30O3Si/c1-22(2,3)26(20-10-6-4-7-11-20,21-12-8-5-9-13-21)24-17-19-15-14-18(16-23)25-19/h4-13,18-19,23H,14-17H2,1-3H3/t18-,19-/m0/s1. The van der Waals surface area contributed by atoms with Crippen LogP contribution >= 0.6 is 0 Å². The van der Waals surface area contributed by atoms with Gasteiger partial charge in [0.15, 0.2) is 0 Å². The fourth-order valence-electron chi connectivity index (χ4n) is 4.02. The lowest BCUT2D eigenvalue weighted by Crippen LogP contribution is -2.67. The van der Waals surface area contributed by atoms with Crippen LogP contribution in [0.1, 0.15) is 33.6 Å². The minimum absolute atomic E-state index is 0.0231. The van der Waals surface area contributed by atoms with E-state index in [0.29, 0.717) is 6.61 Å². The first-order valence-corrected chi connectivity index (χ1v) is 11.4. The quantitative estimate of drug-likeness (QED) is 0.794. The highest BCUT2D eigenvalue weighted by Gasteiger charge is 2.50. The molecule has 0 bridgehead atoms. The lowest BCUT2D eigenvalue weighted by Gasteiger charge is -2.43. The molecule has 1 N–H and O–H groups in total. The summed E-state index contributed by atoms with van der Waals surface area (Å²) < 4.78 is 12.8. The van der Waals surface area contributed by atoms with E-state index >= 15 is 0 Å². The summed E-state index contributed by atoms with van der Waals surface area (Å²) in [4.78, 5) is 0. The van der Waals surface area contributed by atoms with Gasteiger partial charge >= 0.3 is 0 Å². The van der Waals surface area contributed by atoms with E-state index in [-0.39, 0.29) is 23.9 Å². The van der Waals surface area contributed by atoms with Gasteiger partial charge in [0, 0.05) is 0 Å². The summed E-state index contributed by atoms with van der Waals surface area (Å²) in [5, 5.41) is 11.9. The Morgan fingerprint density at radius 1 is 0.923 bits per heavy atom. The molecule has 0 saturated carbocycles. The maximum Gasteiger partial charge on any atom is 0.261 e. The molecule has 0 spiro atoms. The van der Waals surface area contributed by atoms with Crippen molar-refractivity contribution >= 4 is 18.7 Å². The second kappa shape index (κ2) is 8.05. The molecular formula is C22H30O3Si. The monoisotopic (exact) mass is 370 g/mol. The molecule has 2 atom stereocenters. The van der Waals surface area contributed by atoms with Crippen molar-refractivity contribution < 1.29 is 14.3 Å². The molecule has 3 nitrogen and oxygen atoms in total. The average molecular weight is 371 g/mol. The van der Waals surface area contributed by atoms with E-state index in [0.717, 1.165) is 12.8 Å². The molecule has 0 aromatic heterocycles. The Labute approximate surface area is 158 Å². The number of benzene rings is 2. The van der Waals surface area contributed by atoms with Crippen molar-refractivity contribution in [2.75, 3.05) is 13.2 Å². The predicted octanol–water partition coefficient (Wildman–Crippen LogP) is 3.10. The number of hydrogen-bond donors (Lipinski definition) is 1. The Morgan fingerprint density at radius 3 is 1.85 bits per heavy atom. The van der Waals surface area contributed by atoms with Crippen LogP contribution in [-0.4, -0.2) is 38.8 Å². The van der Waals surface area contributed by atoms with Gasteiger partial charge in [-0.25, -0.2) is 0 Å². The molecule has 26 heavy (non-hydrogen) atoms. The van der Waals surface area contributed by atoms with E-state index in [2.05, 4.69) is 81.4 Å². The molecule has 1 saturated heterocycles. The van der Waals surface area contributed by atoms with E-state index in [9.17, 15) is 5.11 Å². The fraction of sp³-hybridized carbons (Fsp3) is 0.455. The highest BCUT2D eigenvalue weighted by atomic mass is 28.4. The lowest BCUT2D eigenvalue weighted by atomic mass is 10.2. The average Bonchev–Trinajstić information content (AvgIpc) is 3.11. The molecule has 1 heterocycles. The van der Waals surface area contributed by atoms with Crippen molar-refractivity contribution in [2.45, 2.75) is 50.9 Å². The van der Waals surface area contributed by atoms with Crippen molar-refractivity contribution in [1.29, 1.82) is 0 Å². The zero-order chi connectivity index (χ0) is 18.6. The molecule has 1 aliphatic rings. The van der Waals surface area contributed by atoms with Crippen LogP contribution in [0, 0.1) is 0 Å². The van der Waals surface area contributed by atoms with Crippen molar-refractivity contribution in [1.82, 2.24) is 0 Å². The maximum atomic E-state index is 9.34. The summed E-state index contributed by atoms with van der Waals surface area (Å²) >= 11 is 0. The van der Waals surface area contributed by atoms with E-state index < -0.39 is 8.32 Å². The molecule has 0 radical (unpaired) electrons. The van der Waals surface area contributed by atoms with Crippen LogP contribution in [0.25, 0.3) is 0 Å². The minimum atomic E-state index is -2.49. The van der Waals surface area contributed by atoms with E-state index in [1.807, 2.05) is 0 Å². The summed E-state index contributed by atoms with van der Waals surface area (Å²) in [5.41, 5.74) is 0. The molecule has 1 aliphatic heterocycles. The molecule has 3 rings (SSSR count). The summed E-state index contributed by atoms with van der Waals surface area (Å²) in [5.74, 6) is 0. The Kier molecular flexibility index (Phi) is 5.98. The molecule has 1 fully saturated rings.